The van der Waals surface area contributed by atoms with Crippen LogP contribution in [0.2, 0.25) is 5.02 Å². The molecule has 1 aliphatic rings. The van der Waals surface area contributed by atoms with Gasteiger partial charge < -0.3 is 5.32 Å². The van der Waals surface area contributed by atoms with Gasteiger partial charge in [-0.05, 0) is 18.2 Å². The Kier molecular flexibility index (Phi) is 5.95. The molecule has 4 heterocycles. The molecule has 0 radical (unpaired) electrons. The third-order valence-electron chi connectivity index (χ3n) is 5.26. The fraction of sp³-hybridized carbons (Fsp3) is 0.238. The summed E-state index contributed by atoms with van der Waals surface area (Å²) < 4.78 is 38.3. The second-order valence-corrected chi connectivity index (χ2v) is 11.3. The Morgan fingerprint density at radius 1 is 1.12 bits per heavy atom. The molecule has 0 aliphatic carbocycles. The van der Waals surface area contributed by atoms with Crippen LogP contribution in [0.5, 0.6) is 0 Å². The molecule has 1 fully saturated rings. The molecule has 1 N–H and O–H groups in total. The molecule has 33 heavy (non-hydrogen) atoms. The topological polar surface area (TPSA) is 101 Å². The lowest BCUT2D eigenvalue weighted by Crippen LogP contribution is -2.39. The molecule has 170 valence electrons. The number of thiazole rings is 1. The lowest BCUT2D eigenvalue weighted by Gasteiger charge is -2.25. The average Bonchev–Trinajstić information content (AvgIpc) is 3.21. The first-order valence-electron chi connectivity index (χ1n) is 10.1. The van der Waals surface area contributed by atoms with E-state index in [-0.39, 0.29) is 17.1 Å². The van der Waals surface area contributed by atoms with Crippen LogP contribution in [0.25, 0.3) is 20.8 Å². The van der Waals surface area contributed by atoms with Crippen molar-refractivity contribution >= 4 is 54.6 Å². The van der Waals surface area contributed by atoms with Crippen LogP contribution in [0.3, 0.4) is 0 Å². The number of benzene rings is 1. The van der Waals surface area contributed by atoms with Gasteiger partial charge in [-0.25, -0.2) is 27.8 Å². The zero-order valence-electron chi connectivity index (χ0n) is 17.2. The Hall–Kier alpha value is -2.73. The molecule has 5 rings (SSSR count). The first-order chi connectivity index (χ1) is 15.9. The van der Waals surface area contributed by atoms with E-state index < -0.39 is 15.7 Å². The van der Waals surface area contributed by atoms with Crippen molar-refractivity contribution in [3.05, 3.63) is 59.4 Å². The highest BCUT2D eigenvalue weighted by Gasteiger charge is 2.22. The van der Waals surface area contributed by atoms with Gasteiger partial charge in [0.1, 0.15) is 16.6 Å². The van der Waals surface area contributed by atoms with E-state index in [2.05, 4.69) is 25.3 Å². The molecule has 1 aromatic carbocycles. The number of sulfone groups is 1. The highest BCUT2D eigenvalue weighted by Crippen LogP contribution is 2.38. The molecule has 0 bridgehead atoms. The second-order valence-electron chi connectivity index (χ2n) is 7.57. The Balaban J connectivity index is 1.35. The fourth-order valence-electron chi connectivity index (χ4n) is 3.51. The lowest BCUT2D eigenvalue weighted by atomic mass is 10.2. The normalized spacial score (nSPS) is 16.2. The van der Waals surface area contributed by atoms with Crippen LogP contribution in [0, 0.1) is 5.82 Å². The van der Waals surface area contributed by atoms with Crippen molar-refractivity contribution in [2.45, 2.75) is 6.54 Å². The van der Waals surface area contributed by atoms with Gasteiger partial charge in [0, 0.05) is 25.8 Å². The molecule has 1 saturated heterocycles. The largest absolute Gasteiger partial charge is 0.322 e. The molecular formula is C21H18ClFN6O2S2. The molecule has 0 spiro atoms. The first kappa shape index (κ1) is 22.1. The van der Waals surface area contributed by atoms with Crippen LogP contribution < -0.4 is 5.32 Å². The van der Waals surface area contributed by atoms with E-state index in [0.29, 0.717) is 46.8 Å². The molecule has 0 amide bonds. The zero-order valence-corrected chi connectivity index (χ0v) is 19.6. The van der Waals surface area contributed by atoms with Gasteiger partial charge in [-0.1, -0.05) is 17.7 Å². The number of nitrogens with one attached hydrogen (secondary N) is 1. The maximum atomic E-state index is 14.4. The predicted molar refractivity (Wildman–Crippen MR) is 127 cm³/mol. The van der Waals surface area contributed by atoms with Crippen molar-refractivity contribution < 1.29 is 12.8 Å². The standard InChI is InChI=1S/C21H18ClFN6O2S2/c22-14-2-1-3-15(23)18(14)21-27-16-4-5-24-20(19(16)32-21)28-17-11-25-13(10-26-17)12-29-6-8-33(30,31)9-7-29/h1-5,10-11H,6-9,12H2,(H,24,26,28). The third kappa shape index (κ3) is 4.81. The van der Waals surface area contributed by atoms with E-state index in [9.17, 15) is 12.8 Å². The number of pyridine rings is 1. The third-order valence-corrected chi connectivity index (χ3v) is 8.28. The van der Waals surface area contributed by atoms with Crippen molar-refractivity contribution in [1.82, 2.24) is 24.8 Å². The van der Waals surface area contributed by atoms with E-state index >= 15 is 0 Å². The summed E-state index contributed by atoms with van der Waals surface area (Å²) in [4.78, 5) is 19.8. The van der Waals surface area contributed by atoms with Gasteiger partial charge in [-0.3, -0.25) is 9.88 Å². The van der Waals surface area contributed by atoms with Crippen LogP contribution in [0.1, 0.15) is 5.69 Å². The molecule has 4 aromatic rings. The van der Waals surface area contributed by atoms with E-state index in [0.717, 1.165) is 10.4 Å². The predicted octanol–water partition coefficient (Wildman–Crippen LogP) is 3.91. The Bertz CT molecular complexity index is 1390. The van der Waals surface area contributed by atoms with Crippen LogP contribution in [0.15, 0.2) is 42.9 Å². The Morgan fingerprint density at radius 3 is 2.67 bits per heavy atom. The molecule has 0 saturated carbocycles. The zero-order chi connectivity index (χ0) is 23.0. The molecule has 3 aromatic heterocycles. The summed E-state index contributed by atoms with van der Waals surface area (Å²) in [6.45, 7) is 1.53. The van der Waals surface area contributed by atoms with E-state index in [1.165, 1.54) is 17.4 Å². The molecule has 1 aliphatic heterocycles. The smallest absolute Gasteiger partial charge is 0.152 e. The summed E-state index contributed by atoms with van der Waals surface area (Å²) in [6, 6.07) is 6.29. The van der Waals surface area contributed by atoms with Crippen molar-refractivity contribution in [3.8, 4) is 10.6 Å². The molecular weight excluding hydrogens is 487 g/mol. The number of hydrogen-bond acceptors (Lipinski definition) is 9. The van der Waals surface area contributed by atoms with Crippen molar-refractivity contribution in [3.63, 3.8) is 0 Å². The van der Waals surface area contributed by atoms with E-state index in [4.69, 9.17) is 11.6 Å². The van der Waals surface area contributed by atoms with E-state index in [1.807, 2.05) is 4.90 Å². The SMILES string of the molecule is O=S1(=O)CCN(Cc2cnc(Nc3nccc4nc(-c5c(F)cccc5Cl)sc34)cn2)CC1. The van der Waals surface area contributed by atoms with Gasteiger partial charge in [-0.15, -0.1) is 11.3 Å². The highest BCUT2D eigenvalue weighted by molar-refractivity contribution is 7.91. The minimum absolute atomic E-state index is 0.171. The molecule has 0 unspecified atom stereocenters. The summed E-state index contributed by atoms with van der Waals surface area (Å²) in [7, 11) is -2.92. The van der Waals surface area contributed by atoms with Crippen LogP contribution in [-0.4, -0.2) is 57.8 Å². The maximum Gasteiger partial charge on any atom is 0.152 e. The monoisotopic (exact) mass is 504 g/mol. The van der Waals surface area contributed by atoms with Gasteiger partial charge in [0.2, 0.25) is 0 Å². The van der Waals surface area contributed by atoms with Crippen molar-refractivity contribution in [1.29, 1.82) is 0 Å². The summed E-state index contributed by atoms with van der Waals surface area (Å²) in [5, 5.41) is 3.91. The molecule has 8 nitrogen and oxygen atoms in total. The van der Waals surface area contributed by atoms with Gasteiger partial charge >= 0.3 is 0 Å². The second kappa shape index (κ2) is 8.90. The first-order valence-corrected chi connectivity index (χ1v) is 13.1. The van der Waals surface area contributed by atoms with Gasteiger partial charge in [-0.2, -0.15) is 0 Å². The number of fused-ring (bicyclic) bond motifs is 1. The molecule has 0 atom stereocenters. The maximum absolute atomic E-state index is 14.4. The van der Waals surface area contributed by atoms with Gasteiger partial charge in [0.25, 0.3) is 0 Å². The number of rotatable bonds is 5. The quantitative estimate of drug-likeness (QED) is 0.436. The number of aromatic nitrogens is 4. The molecule has 12 heteroatoms. The number of hydrogen-bond donors (Lipinski definition) is 1. The summed E-state index contributed by atoms with van der Waals surface area (Å²) in [5.41, 5.74) is 1.68. The summed E-state index contributed by atoms with van der Waals surface area (Å²) in [5.74, 6) is 0.942. The summed E-state index contributed by atoms with van der Waals surface area (Å²) >= 11 is 7.49. The lowest BCUT2D eigenvalue weighted by molar-refractivity contribution is 0.284. The minimum Gasteiger partial charge on any atom is -0.322 e. The minimum atomic E-state index is -2.92. The van der Waals surface area contributed by atoms with Crippen LogP contribution in [0.4, 0.5) is 16.0 Å². The van der Waals surface area contributed by atoms with Crippen molar-refractivity contribution in [2.75, 3.05) is 29.9 Å². The van der Waals surface area contributed by atoms with Gasteiger partial charge in [0.15, 0.2) is 15.7 Å². The van der Waals surface area contributed by atoms with Crippen LogP contribution in [-0.2, 0) is 16.4 Å². The Morgan fingerprint density at radius 2 is 1.94 bits per heavy atom. The van der Waals surface area contributed by atoms with E-state index in [1.54, 1.807) is 36.8 Å². The van der Waals surface area contributed by atoms with Crippen LogP contribution >= 0.6 is 22.9 Å². The van der Waals surface area contributed by atoms with Gasteiger partial charge in [0.05, 0.1) is 50.4 Å². The Labute approximate surface area is 198 Å². The average molecular weight is 505 g/mol. The van der Waals surface area contributed by atoms with Crippen molar-refractivity contribution in [2.24, 2.45) is 0 Å². The number of nitrogens with zero attached hydrogens (tertiary/aromatic N) is 5. The number of halogens is 2. The number of anilines is 2. The summed E-state index contributed by atoms with van der Waals surface area (Å²) in [6.07, 6.45) is 4.87. The fourth-order valence-corrected chi connectivity index (χ4v) is 6.16. The highest BCUT2D eigenvalue weighted by atomic mass is 35.5.